The van der Waals surface area contributed by atoms with E-state index < -0.39 is 11.7 Å². The predicted octanol–water partition coefficient (Wildman–Crippen LogP) is 4.36. The molecule has 0 radical (unpaired) electrons. The molecule has 11 heteroatoms. The molecule has 4 rings (SSSR count). The van der Waals surface area contributed by atoms with Gasteiger partial charge in [-0.15, -0.1) is 5.10 Å². The number of aromatic nitrogens is 3. The summed E-state index contributed by atoms with van der Waals surface area (Å²) >= 11 is 0. The number of benzene rings is 3. The van der Waals surface area contributed by atoms with E-state index >= 15 is 0 Å². The van der Waals surface area contributed by atoms with E-state index in [1.807, 2.05) is 24.3 Å². The van der Waals surface area contributed by atoms with Crippen LogP contribution in [-0.4, -0.2) is 49.1 Å². The van der Waals surface area contributed by atoms with Crippen molar-refractivity contribution >= 4 is 17.8 Å². The Bertz CT molecular complexity index is 1410. The molecule has 10 nitrogen and oxygen atoms in total. The maximum atomic E-state index is 13.4. The SMILES string of the molecule is COc1ccc(CNc2nc(NCc3ccc(OC)c(OC)c3)n(C(=O)c3ccc(F)cc3)n2)cc1OC. The van der Waals surface area contributed by atoms with Gasteiger partial charge in [0.15, 0.2) is 23.0 Å². The Labute approximate surface area is 219 Å². The molecule has 0 bridgehead atoms. The number of carbonyl (C=O) groups is 1. The lowest BCUT2D eigenvalue weighted by atomic mass is 10.2. The Morgan fingerprint density at radius 3 is 1.82 bits per heavy atom. The lowest BCUT2D eigenvalue weighted by Crippen LogP contribution is -2.17. The van der Waals surface area contributed by atoms with Crippen molar-refractivity contribution < 1.29 is 28.1 Å². The van der Waals surface area contributed by atoms with Crippen molar-refractivity contribution in [3.8, 4) is 23.0 Å². The first-order valence-electron chi connectivity index (χ1n) is 11.6. The van der Waals surface area contributed by atoms with Crippen molar-refractivity contribution in [2.45, 2.75) is 13.1 Å². The number of ether oxygens (including phenoxy) is 4. The first-order valence-corrected chi connectivity index (χ1v) is 11.6. The van der Waals surface area contributed by atoms with Crippen LogP contribution in [0.4, 0.5) is 16.3 Å². The minimum atomic E-state index is -0.466. The van der Waals surface area contributed by atoms with Crippen LogP contribution in [0.1, 0.15) is 21.5 Å². The van der Waals surface area contributed by atoms with Gasteiger partial charge >= 0.3 is 0 Å². The van der Waals surface area contributed by atoms with Crippen molar-refractivity contribution in [2.75, 3.05) is 39.1 Å². The summed E-state index contributed by atoms with van der Waals surface area (Å²) in [6, 6.07) is 16.2. The van der Waals surface area contributed by atoms with Crippen LogP contribution in [0.2, 0.25) is 0 Å². The summed E-state index contributed by atoms with van der Waals surface area (Å²) in [5.74, 6) is 1.92. The van der Waals surface area contributed by atoms with Crippen LogP contribution in [0.25, 0.3) is 0 Å². The highest BCUT2D eigenvalue weighted by Crippen LogP contribution is 2.29. The minimum Gasteiger partial charge on any atom is -0.493 e. The van der Waals surface area contributed by atoms with Crippen molar-refractivity contribution in [3.05, 3.63) is 83.2 Å². The monoisotopic (exact) mass is 521 g/mol. The van der Waals surface area contributed by atoms with Crippen molar-refractivity contribution in [1.82, 2.24) is 14.8 Å². The van der Waals surface area contributed by atoms with E-state index in [1.54, 1.807) is 40.6 Å². The first kappa shape index (κ1) is 26.3. The lowest BCUT2D eigenvalue weighted by Gasteiger charge is -2.11. The molecular weight excluding hydrogens is 493 g/mol. The average molecular weight is 522 g/mol. The van der Waals surface area contributed by atoms with E-state index in [4.69, 9.17) is 18.9 Å². The minimum absolute atomic E-state index is 0.212. The maximum Gasteiger partial charge on any atom is 0.281 e. The first-order chi connectivity index (χ1) is 18.4. The smallest absolute Gasteiger partial charge is 0.281 e. The molecule has 0 aliphatic heterocycles. The number of methoxy groups -OCH3 is 4. The van der Waals surface area contributed by atoms with Gasteiger partial charge in [-0.05, 0) is 59.7 Å². The van der Waals surface area contributed by atoms with Crippen LogP contribution in [0.5, 0.6) is 23.0 Å². The van der Waals surface area contributed by atoms with Crippen molar-refractivity contribution in [2.24, 2.45) is 0 Å². The molecule has 0 unspecified atom stereocenters. The predicted molar refractivity (Wildman–Crippen MR) is 140 cm³/mol. The highest BCUT2D eigenvalue weighted by molar-refractivity contribution is 5.97. The summed E-state index contributed by atoms with van der Waals surface area (Å²) in [5, 5.41) is 10.6. The molecule has 38 heavy (non-hydrogen) atoms. The molecule has 1 heterocycles. The fourth-order valence-electron chi connectivity index (χ4n) is 3.70. The summed E-state index contributed by atoms with van der Waals surface area (Å²) in [4.78, 5) is 17.7. The summed E-state index contributed by atoms with van der Waals surface area (Å²) in [6.45, 7) is 0.690. The van der Waals surface area contributed by atoms with Crippen LogP contribution in [0.3, 0.4) is 0 Å². The average Bonchev–Trinajstić information content (AvgIpc) is 3.37. The van der Waals surface area contributed by atoms with E-state index in [2.05, 4.69) is 20.7 Å². The number of anilines is 2. The van der Waals surface area contributed by atoms with E-state index in [9.17, 15) is 9.18 Å². The third-order valence-corrected chi connectivity index (χ3v) is 5.69. The summed E-state index contributed by atoms with van der Waals surface area (Å²) in [6.07, 6.45) is 0. The molecule has 3 aromatic carbocycles. The number of hydrogen-bond donors (Lipinski definition) is 2. The zero-order chi connectivity index (χ0) is 27.1. The molecule has 0 aliphatic rings. The van der Waals surface area contributed by atoms with Gasteiger partial charge in [0.05, 0.1) is 28.4 Å². The summed E-state index contributed by atoms with van der Waals surface area (Å²) < 4.78 is 35.9. The van der Waals surface area contributed by atoms with E-state index in [0.29, 0.717) is 36.1 Å². The van der Waals surface area contributed by atoms with Gasteiger partial charge in [0, 0.05) is 18.7 Å². The maximum absolute atomic E-state index is 13.4. The van der Waals surface area contributed by atoms with E-state index in [0.717, 1.165) is 15.8 Å². The number of halogens is 1. The van der Waals surface area contributed by atoms with E-state index in [-0.39, 0.29) is 17.5 Å². The molecule has 0 amide bonds. The zero-order valence-corrected chi connectivity index (χ0v) is 21.4. The van der Waals surface area contributed by atoms with Crippen LogP contribution in [0, 0.1) is 5.82 Å². The Morgan fingerprint density at radius 2 is 1.29 bits per heavy atom. The van der Waals surface area contributed by atoms with Gasteiger partial charge in [0.2, 0.25) is 11.9 Å². The Balaban J connectivity index is 1.57. The normalized spacial score (nSPS) is 10.6. The standard InChI is InChI=1S/C27H28FN5O5/c1-35-21-11-5-17(13-23(21)37-3)15-29-26-31-27(30-16-18-6-12-22(36-2)24(14-18)38-4)33(32-26)25(34)19-7-9-20(28)10-8-19/h5-14H,15-16H2,1-4H3,(H2,29,30,31,32). The third-order valence-electron chi connectivity index (χ3n) is 5.69. The zero-order valence-electron chi connectivity index (χ0n) is 21.4. The number of nitrogens with zero attached hydrogens (tertiary/aromatic N) is 3. The number of carbonyl (C=O) groups excluding carboxylic acids is 1. The molecule has 0 saturated heterocycles. The second-order valence-electron chi connectivity index (χ2n) is 8.07. The Morgan fingerprint density at radius 1 is 0.763 bits per heavy atom. The fourth-order valence-corrected chi connectivity index (χ4v) is 3.70. The van der Waals surface area contributed by atoms with Gasteiger partial charge in [-0.2, -0.15) is 9.67 Å². The molecular formula is C27H28FN5O5. The van der Waals surface area contributed by atoms with Gasteiger partial charge in [-0.25, -0.2) is 4.39 Å². The molecule has 0 saturated carbocycles. The second kappa shape index (κ2) is 12.0. The van der Waals surface area contributed by atoms with Gasteiger partial charge in [-0.1, -0.05) is 12.1 Å². The number of hydrogen-bond acceptors (Lipinski definition) is 9. The van der Waals surface area contributed by atoms with Crippen LogP contribution >= 0.6 is 0 Å². The second-order valence-corrected chi connectivity index (χ2v) is 8.07. The van der Waals surface area contributed by atoms with Crippen LogP contribution in [0.15, 0.2) is 60.7 Å². The molecule has 2 N–H and O–H groups in total. The quantitative estimate of drug-likeness (QED) is 0.297. The van der Waals surface area contributed by atoms with Crippen molar-refractivity contribution in [3.63, 3.8) is 0 Å². The fraction of sp³-hybridized carbons (Fsp3) is 0.222. The van der Waals surface area contributed by atoms with Gasteiger partial charge in [0.1, 0.15) is 5.82 Å². The van der Waals surface area contributed by atoms with Gasteiger partial charge < -0.3 is 29.6 Å². The highest BCUT2D eigenvalue weighted by atomic mass is 19.1. The highest BCUT2D eigenvalue weighted by Gasteiger charge is 2.19. The lowest BCUT2D eigenvalue weighted by molar-refractivity contribution is 0.0947. The Kier molecular flexibility index (Phi) is 8.27. The topological polar surface area (TPSA) is 109 Å². The van der Waals surface area contributed by atoms with Crippen LogP contribution < -0.4 is 29.6 Å². The van der Waals surface area contributed by atoms with Crippen LogP contribution in [-0.2, 0) is 13.1 Å². The van der Waals surface area contributed by atoms with Gasteiger partial charge in [0.25, 0.3) is 5.91 Å². The van der Waals surface area contributed by atoms with Crippen molar-refractivity contribution in [1.29, 1.82) is 0 Å². The summed E-state index contributed by atoms with van der Waals surface area (Å²) in [7, 11) is 6.26. The number of nitrogens with one attached hydrogen (secondary N) is 2. The third kappa shape index (κ3) is 5.94. The molecule has 0 fully saturated rings. The molecule has 0 atom stereocenters. The molecule has 4 aromatic rings. The molecule has 0 spiro atoms. The summed E-state index contributed by atoms with van der Waals surface area (Å²) in [5.41, 5.74) is 2.02. The number of rotatable bonds is 11. The van der Waals surface area contributed by atoms with Gasteiger partial charge in [-0.3, -0.25) is 4.79 Å². The Hall–Kier alpha value is -4.80. The molecule has 1 aromatic heterocycles. The molecule has 0 aliphatic carbocycles. The largest absolute Gasteiger partial charge is 0.493 e. The molecule has 198 valence electrons. The van der Waals surface area contributed by atoms with E-state index in [1.165, 1.54) is 24.3 Å².